The van der Waals surface area contributed by atoms with Crippen LogP contribution in [0.25, 0.3) is 0 Å². The van der Waals surface area contributed by atoms with E-state index in [1.165, 1.54) is 5.56 Å². The van der Waals surface area contributed by atoms with Gasteiger partial charge in [-0.05, 0) is 36.8 Å². The summed E-state index contributed by atoms with van der Waals surface area (Å²) in [4.78, 5) is 0. The Hall–Kier alpha value is -0.570. The van der Waals surface area contributed by atoms with Gasteiger partial charge in [0, 0.05) is 17.1 Å². The van der Waals surface area contributed by atoms with Crippen LogP contribution in [0, 0.1) is 0 Å². The maximum absolute atomic E-state index is 9.14. The normalized spacial score (nSPS) is 25.4. The fourth-order valence-corrected chi connectivity index (χ4v) is 2.74. The monoisotopic (exact) mass is 253 g/mol. The molecular formula is C14H20ClNO. The Labute approximate surface area is 108 Å². The molecule has 3 heteroatoms. The minimum absolute atomic E-state index is 0.226. The van der Waals surface area contributed by atoms with Crippen LogP contribution < -0.4 is 5.32 Å². The first kappa shape index (κ1) is 12.9. The quantitative estimate of drug-likeness (QED) is 0.846. The van der Waals surface area contributed by atoms with E-state index in [-0.39, 0.29) is 12.6 Å². The highest BCUT2D eigenvalue weighted by molar-refractivity contribution is 6.31. The summed E-state index contributed by atoms with van der Waals surface area (Å²) in [6.45, 7) is 2.32. The summed E-state index contributed by atoms with van der Waals surface area (Å²) in [5.41, 5.74) is 1.27. The van der Waals surface area contributed by atoms with Crippen molar-refractivity contribution in [2.24, 2.45) is 0 Å². The maximum atomic E-state index is 9.14. The molecular weight excluding hydrogens is 234 g/mol. The van der Waals surface area contributed by atoms with Gasteiger partial charge in [-0.25, -0.2) is 0 Å². The van der Waals surface area contributed by atoms with Gasteiger partial charge < -0.3 is 10.4 Å². The molecule has 0 saturated heterocycles. The fraction of sp³-hybridized carbons (Fsp3) is 0.571. The van der Waals surface area contributed by atoms with Crippen LogP contribution in [0.5, 0.6) is 0 Å². The molecule has 0 bridgehead atoms. The van der Waals surface area contributed by atoms with Crippen molar-refractivity contribution in [3.63, 3.8) is 0 Å². The molecule has 94 valence electrons. The van der Waals surface area contributed by atoms with Crippen molar-refractivity contribution in [2.75, 3.05) is 6.61 Å². The zero-order chi connectivity index (χ0) is 12.3. The summed E-state index contributed by atoms with van der Waals surface area (Å²) in [5, 5.41) is 13.5. The number of rotatable bonds is 5. The smallest absolute Gasteiger partial charge is 0.0584 e. The van der Waals surface area contributed by atoms with Gasteiger partial charge in [0.1, 0.15) is 0 Å². The maximum Gasteiger partial charge on any atom is 0.0584 e. The SMILES string of the molecule is CC[C@H](CO)NC1CC(c2ccccc2Cl)C1. The first-order valence-corrected chi connectivity index (χ1v) is 6.73. The first-order chi connectivity index (χ1) is 8.24. The Balaban J connectivity index is 1.85. The average Bonchev–Trinajstić information content (AvgIpc) is 2.30. The van der Waals surface area contributed by atoms with Crippen LogP contribution in [0.15, 0.2) is 24.3 Å². The Morgan fingerprint density at radius 1 is 1.41 bits per heavy atom. The second-order valence-corrected chi connectivity index (χ2v) is 5.25. The van der Waals surface area contributed by atoms with Crippen LogP contribution >= 0.6 is 11.6 Å². The number of halogens is 1. The Bertz CT molecular complexity index is 359. The number of aliphatic hydroxyl groups is 1. The summed E-state index contributed by atoms with van der Waals surface area (Å²) in [7, 11) is 0. The van der Waals surface area contributed by atoms with Crippen molar-refractivity contribution < 1.29 is 5.11 Å². The van der Waals surface area contributed by atoms with E-state index in [0.29, 0.717) is 12.0 Å². The molecule has 1 aromatic rings. The van der Waals surface area contributed by atoms with Gasteiger partial charge in [-0.3, -0.25) is 0 Å². The third-order valence-electron chi connectivity index (χ3n) is 3.67. The molecule has 1 saturated carbocycles. The Morgan fingerprint density at radius 2 is 2.12 bits per heavy atom. The van der Waals surface area contributed by atoms with E-state index in [1.54, 1.807) is 0 Å². The van der Waals surface area contributed by atoms with Gasteiger partial charge in [-0.15, -0.1) is 0 Å². The van der Waals surface area contributed by atoms with Gasteiger partial charge in [0.2, 0.25) is 0 Å². The minimum atomic E-state index is 0.226. The summed E-state index contributed by atoms with van der Waals surface area (Å²) < 4.78 is 0. The van der Waals surface area contributed by atoms with Crippen molar-refractivity contribution in [3.05, 3.63) is 34.9 Å². The van der Waals surface area contributed by atoms with Gasteiger partial charge in [0.15, 0.2) is 0 Å². The largest absolute Gasteiger partial charge is 0.395 e. The Morgan fingerprint density at radius 3 is 2.71 bits per heavy atom. The van der Waals surface area contributed by atoms with E-state index in [1.807, 2.05) is 18.2 Å². The molecule has 0 radical (unpaired) electrons. The van der Waals surface area contributed by atoms with Crippen LogP contribution in [0.4, 0.5) is 0 Å². The fourth-order valence-electron chi connectivity index (χ4n) is 2.45. The topological polar surface area (TPSA) is 32.3 Å². The molecule has 17 heavy (non-hydrogen) atoms. The number of aliphatic hydroxyl groups excluding tert-OH is 1. The highest BCUT2D eigenvalue weighted by Gasteiger charge is 2.32. The van der Waals surface area contributed by atoms with Crippen LogP contribution in [-0.4, -0.2) is 23.8 Å². The molecule has 2 N–H and O–H groups in total. The van der Waals surface area contributed by atoms with Crippen molar-refractivity contribution in [1.29, 1.82) is 0 Å². The lowest BCUT2D eigenvalue weighted by molar-refractivity contribution is 0.193. The minimum Gasteiger partial charge on any atom is -0.395 e. The number of hydrogen-bond acceptors (Lipinski definition) is 2. The third-order valence-corrected chi connectivity index (χ3v) is 4.01. The van der Waals surface area contributed by atoms with Crippen molar-refractivity contribution in [3.8, 4) is 0 Å². The summed E-state index contributed by atoms with van der Waals surface area (Å²) in [6.07, 6.45) is 3.23. The Kier molecular flexibility index (Phi) is 4.43. The number of hydrogen-bond donors (Lipinski definition) is 2. The van der Waals surface area contributed by atoms with Crippen molar-refractivity contribution in [2.45, 2.75) is 44.2 Å². The van der Waals surface area contributed by atoms with Gasteiger partial charge in [0.25, 0.3) is 0 Å². The predicted octanol–water partition coefficient (Wildman–Crippen LogP) is 2.95. The van der Waals surface area contributed by atoms with E-state index in [0.717, 1.165) is 24.3 Å². The molecule has 0 heterocycles. The molecule has 1 aliphatic rings. The molecule has 2 rings (SSSR count). The van der Waals surface area contributed by atoms with E-state index < -0.39 is 0 Å². The molecule has 1 atom stereocenters. The molecule has 1 aliphatic carbocycles. The molecule has 0 aromatic heterocycles. The van der Waals surface area contributed by atoms with Gasteiger partial charge >= 0.3 is 0 Å². The molecule has 0 spiro atoms. The number of benzene rings is 1. The second kappa shape index (κ2) is 5.85. The number of nitrogens with one attached hydrogen (secondary N) is 1. The highest BCUT2D eigenvalue weighted by Crippen LogP contribution is 2.40. The van der Waals surface area contributed by atoms with Gasteiger partial charge in [-0.1, -0.05) is 36.7 Å². The lowest BCUT2D eigenvalue weighted by atomic mass is 9.75. The summed E-state index contributed by atoms with van der Waals surface area (Å²) in [5.74, 6) is 0.581. The highest BCUT2D eigenvalue weighted by atomic mass is 35.5. The zero-order valence-corrected chi connectivity index (χ0v) is 11.0. The zero-order valence-electron chi connectivity index (χ0n) is 10.2. The van der Waals surface area contributed by atoms with Crippen LogP contribution in [0.3, 0.4) is 0 Å². The van der Waals surface area contributed by atoms with Gasteiger partial charge in [0.05, 0.1) is 6.61 Å². The van der Waals surface area contributed by atoms with Crippen LogP contribution in [0.1, 0.15) is 37.7 Å². The predicted molar refractivity (Wildman–Crippen MR) is 71.5 cm³/mol. The van der Waals surface area contributed by atoms with E-state index in [9.17, 15) is 0 Å². The lowest BCUT2D eigenvalue weighted by Crippen LogP contribution is -2.46. The van der Waals surface area contributed by atoms with E-state index >= 15 is 0 Å². The summed E-state index contributed by atoms with van der Waals surface area (Å²) in [6, 6.07) is 8.87. The standard InChI is InChI=1S/C14H20ClNO/c1-2-11(9-17)16-12-7-10(8-12)13-5-3-4-6-14(13)15/h3-6,10-12,16-17H,2,7-9H2,1H3/t10?,11-,12?/m1/s1. The van der Waals surface area contributed by atoms with Gasteiger partial charge in [-0.2, -0.15) is 0 Å². The van der Waals surface area contributed by atoms with Crippen molar-refractivity contribution in [1.82, 2.24) is 5.32 Å². The molecule has 0 aliphatic heterocycles. The van der Waals surface area contributed by atoms with E-state index in [2.05, 4.69) is 18.3 Å². The lowest BCUT2D eigenvalue weighted by Gasteiger charge is -2.38. The molecule has 2 nitrogen and oxygen atoms in total. The first-order valence-electron chi connectivity index (χ1n) is 6.36. The van der Waals surface area contributed by atoms with Crippen molar-refractivity contribution >= 4 is 11.6 Å². The van der Waals surface area contributed by atoms with E-state index in [4.69, 9.17) is 16.7 Å². The molecule has 1 fully saturated rings. The molecule has 0 amide bonds. The van der Waals surface area contributed by atoms with Crippen LogP contribution in [-0.2, 0) is 0 Å². The second-order valence-electron chi connectivity index (χ2n) is 4.84. The average molecular weight is 254 g/mol. The third kappa shape index (κ3) is 3.01. The summed E-state index contributed by atoms with van der Waals surface area (Å²) >= 11 is 6.18. The molecule has 0 unspecified atom stereocenters. The molecule has 1 aromatic carbocycles. The van der Waals surface area contributed by atoms with Crippen LogP contribution in [0.2, 0.25) is 5.02 Å².